The van der Waals surface area contributed by atoms with Crippen LogP contribution in [-0.4, -0.2) is 18.9 Å². The first-order valence-corrected chi connectivity index (χ1v) is 11.7. The number of carbonyl (C=O) groups is 2. The average molecular weight is 529 g/mol. The summed E-state index contributed by atoms with van der Waals surface area (Å²) in [5.74, 6) is -0.00919. The summed E-state index contributed by atoms with van der Waals surface area (Å²) in [6.45, 7) is 0.284. The Morgan fingerprint density at radius 1 is 0.943 bits per heavy atom. The van der Waals surface area contributed by atoms with Crippen LogP contribution in [0.1, 0.15) is 11.1 Å². The number of anilines is 1. The van der Waals surface area contributed by atoms with Crippen molar-refractivity contribution < 1.29 is 19.1 Å². The van der Waals surface area contributed by atoms with Gasteiger partial charge in [-0.3, -0.25) is 15.0 Å². The van der Waals surface area contributed by atoms with Gasteiger partial charge in [-0.2, -0.15) is 0 Å². The molecule has 0 bridgehead atoms. The number of para-hydroxylation sites is 1. The van der Waals surface area contributed by atoms with Crippen LogP contribution in [0.4, 0.5) is 5.69 Å². The number of benzene rings is 4. The number of amides is 2. The Bertz CT molecular complexity index is 1460. The molecular formula is C28H21BrN2O4. The van der Waals surface area contributed by atoms with E-state index in [0.29, 0.717) is 22.7 Å². The van der Waals surface area contributed by atoms with Gasteiger partial charge >= 0.3 is 0 Å². The third-order valence-corrected chi connectivity index (χ3v) is 6.18. The number of hydrogen-bond donors (Lipinski definition) is 1. The normalized spacial score (nSPS) is 14.5. The van der Waals surface area contributed by atoms with Crippen LogP contribution < -0.4 is 19.9 Å². The standard InChI is InChI=1S/C28H21BrN2O4/c1-34-25-16-21(29)14-20(15-24-27(32)30-31(28(24)33)22-11-3-2-4-12-22)26(25)35-17-19-10-7-9-18-8-5-6-13-23(18)19/h2-16H,17H2,1H3,(H,30,32)/b24-15+. The Morgan fingerprint density at radius 3 is 2.49 bits per heavy atom. The molecule has 7 heteroatoms. The van der Waals surface area contributed by atoms with Gasteiger partial charge in [0, 0.05) is 10.0 Å². The van der Waals surface area contributed by atoms with Gasteiger partial charge in [-0.15, -0.1) is 0 Å². The van der Waals surface area contributed by atoms with Gasteiger partial charge in [0.05, 0.1) is 12.8 Å². The molecule has 1 saturated heterocycles. The number of fused-ring (bicyclic) bond motifs is 1. The van der Waals surface area contributed by atoms with Crippen molar-refractivity contribution in [3.8, 4) is 11.5 Å². The summed E-state index contributed by atoms with van der Waals surface area (Å²) >= 11 is 3.48. The van der Waals surface area contributed by atoms with E-state index in [-0.39, 0.29) is 12.2 Å². The Hall–Kier alpha value is -4.10. The van der Waals surface area contributed by atoms with E-state index in [4.69, 9.17) is 9.47 Å². The van der Waals surface area contributed by atoms with Crippen molar-refractivity contribution in [3.63, 3.8) is 0 Å². The molecule has 0 unspecified atom stereocenters. The molecule has 0 spiro atoms. The van der Waals surface area contributed by atoms with Crippen molar-refractivity contribution in [2.45, 2.75) is 6.61 Å². The molecule has 0 atom stereocenters. The molecule has 1 aliphatic rings. The van der Waals surface area contributed by atoms with Gasteiger partial charge in [-0.05, 0) is 46.7 Å². The highest BCUT2D eigenvalue weighted by molar-refractivity contribution is 9.10. The molecule has 1 aliphatic heterocycles. The van der Waals surface area contributed by atoms with Gasteiger partial charge in [-0.1, -0.05) is 76.6 Å². The number of nitrogens with one attached hydrogen (secondary N) is 1. The predicted octanol–water partition coefficient (Wildman–Crippen LogP) is 5.65. The molecular weight excluding hydrogens is 508 g/mol. The van der Waals surface area contributed by atoms with Crippen molar-refractivity contribution in [1.29, 1.82) is 0 Å². The summed E-state index contributed by atoms with van der Waals surface area (Å²) in [5, 5.41) is 3.45. The lowest BCUT2D eigenvalue weighted by Gasteiger charge is -2.16. The van der Waals surface area contributed by atoms with Crippen molar-refractivity contribution >= 4 is 50.3 Å². The van der Waals surface area contributed by atoms with Crippen LogP contribution in [0.3, 0.4) is 0 Å². The van der Waals surface area contributed by atoms with Gasteiger partial charge in [0.2, 0.25) is 0 Å². The summed E-state index contributed by atoms with van der Waals surface area (Å²) in [6.07, 6.45) is 1.53. The Labute approximate surface area is 210 Å². The number of hydrogen-bond acceptors (Lipinski definition) is 4. The van der Waals surface area contributed by atoms with Crippen molar-refractivity contribution in [2.24, 2.45) is 0 Å². The summed E-state index contributed by atoms with van der Waals surface area (Å²) in [7, 11) is 1.55. The lowest BCUT2D eigenvalue weighted by Crippen LogP contribution is -2.35. The topological polar surface area (TPSA) is 67.9 Å². The van der Waals surface area contributed by atoms with Crippen molar-refractivity contribution in [2.75, 3.05) is 12.1 Å². The van der Waals surface area contributed by atoms with E-state index in [1.54, 1.807) is 43.5 Å². The second-order valence-electron chi connectivity index (χ2n) is 7.93. The van der Waals surface area contributed by atoms with Crippen molar-refractivity contribution in [3.05, 3.63) is 106 Å². The third-order valence-electron chi connectivity index (χ3n) is 5.73. The minimum Gasteiger partial charge on any atom is -0.493 e. The maximum absolute atomic E-state index is 13.1. The molecule has 5 rings (SSSR count). The number of hydrazine groups is 1. The molecule has 2 amide bonds. The monoisotopic (exact) mass is 528 g/mol. The van der Waals surface area contributed by atoms with Crippen molar-refractivity contribution in [1.82, 2.24) is 5.43 Å². The summed E-state index contributed by atoms with van der Waals surface area (Å²) in [6, 6.07) is 26.7. The summed E-state index contributed by atoms with van der Waals surface area (Å²) in [5.41, 5.74) is 4.76. The second kappa shape index (κ2) is 9.64. The van der Waals surface area contributed by atoms with Crippen LogP contribution in [0.2, 0.25) is 0 Å². The zero-order chi connectivity index (χ0) is 24.4. The highest BCUT2D eigenvalue weighted by atomic mass is 79.9. The summed E-state index contributed by atoms with van der Waals surface area (Å²) in [4.78, 5) is 25.8. The fourth-order valence-corrected chi connectivity index (χ4v) is 4.50. The van der Waals surface area contributed by atoms with E-state index < -0.39 is 11.8 Å². The zero-order valence-corrected chi connectivity index (χ0v) is 20.4. The van der Waals surface area contributed by atoms with Crippen LogP contribution in [0.5, 0.6) is 11.5 Å². The minimum absolute atomic E-state index is 0.00372. The molecule has 4 aromatic carbocycles. The maximum Gasteiger partial charge on any atom is 0.282 e. The molecule has 35 heavy (non-hydrogen) atoms. The molecule has 0 saturated carbocycles. The average Bonchev–Trinajstić information content (AvgIpc) is 3.16. The van der Waals surface area contributed by atoms with Crippen LogP contribution in [0, 0.1) is 0 Å². The highest BCUT2D eigenvalue weighted by Crippen LogP contribution is 2.38. The van der Waals surface area contributed by atoms with E-state index in [1.165, 1.54) is 11.1 Å². The number of halogens is 1. The van der Waals surface area contributed by atoms with E-state index in [2.05, 4.69) is 39.6 Å². The van der Waals surface area contributed by atoms with Crippen LogP contribution in [-0.2, 0) is 16.2 Å². The number of ether oxygens (including phenoxy) is 2. The molecule has 174 valence electrons. The number of rotatable bonds is 6. The molecule has 1 heterocycles. The fourth-order valence-electron chi connectivity index (χ4n) is 4.04. The molecule has 6 nitrogen and oxygen atoms in total. The molecule has 4 aromatic rings. The lowest BCUT2D eigenvalue weighted by molar-refractivity contribution is -0.117. The Balaban J connectivity index is 1.51. The Morgan fingerprint density at radius 2 is 1.69 bits per heavy atom. The highest BCUT2D eigenvalue weighted by Gasteiger charge is 2.34. The molecule has 0 radical (unpaired) electrons. The first-order chi connectivity index (χ1) is 17.0. The largest absolute Gasteiger partial charge is 0.493 e. The van der Waals surface area contributed by atoms with E-state index in [9.17, 15) is 9.59 Å². The molecule has 1 fully saturated rings. The summed E-state index contributed by atoms with van der Waals surface area (Å²) < 4.78 is 12.6. The SMILES string of the molecule is COc1cc(Br)cc(/C=C2\C(=O)NN(c3ccccc3)C2=O)c1OCc1cccc2ccccc12. The minimum atomic E-state index is -0.488. The number of nitrogens with zero attached hydrogens (tertiary/aromatic N) is 1. The van der Waals surface area contributed by atoms with Gasteiger partial charge in [0.25, 0.3) is 11.8 Å². The number of methoxy groups -OCH3 is 1. The Kier molecular flexibility index (Phi) is 6.25. The second-order valence-corrected chi connectivity index (χ2v) is 8.84. The van der Waals surface area contributed by atoms with E-state index >= 15 is 0 Å². The first-order valence-electron chi connectivity index (χ1n) is 10.9. The van der Waals surface area contributed by atoms with Gasteiger partial charge in [0.15, 0.2) is 11.5 Å². The molecule has 0 aliphatic carbocycles. The third kappa shape index (κ3) is 4.50. The predicted molar refractivity (Wildman–Crippen MR) is 139 cm³/mol. The van der Waals surface area contributed by atoms with Gasteiger partial charge in [-0.25, -0.2) is 5.01 Å². The van der Waals surface area contributed by atoms with Crippen LogP contribution in [0.25, 0.3) is 16.8 Å². The molecule has 0 aromatic heterocycles. The lowest BCUT2D eigenvalue weighted by atomic mass is 10.1. The van der Waals surface area contributed by atoms with Crippen LogP contribution in [0.15, 0.2) is 95.0 Å². The smallest absolute Gasteiger partial charge is 0.282 e. The van der Waals surface area contributed by atoms with Gasteiger partial charge < -0.3 is 9.47 Å². The van der Waals surface area contributed by atoms with E-state index in [0.717, 1.165) is 20.8 Å². The maximum atomic E-state index is 13.1. The fraction of sp³-hybridized carbons (Fsp3) is 0.0714. The van der Waals surface area contributed by atoms with E-state index in [1.807, 2.05) is 30.3 Å². The van der Waals surface area contributed by atoms with Gasteiger partial charge in [0.1, 0.15) is 12.2 Å². The number of carbonyl (C=O) groups excluding carboxylic acids is 2. The first kappa shape index (κ1) is 22.7. The molecule has 1 N–H and O–H groups in total. The quantitative estimate of drug-likeness (QED) is 0.259. The van der Waals surface area contributed by atoms with Crippen LogP contribution >= 0.6 is 15.9 Å². The zero-order valence-electron chi connectivity index (χ0n) is 18.8.